The lowest BCUT2D eigenvalue weighted by Gasteiger charge is -2.25. The number of thiazole rings is 1. The lowest BCUT2D eigenvalue weighted by molar-refractivity contribution is 0.0186. The van der Waals surface area contributed by atoms with E-state index in [0.29, 0.717) is 17.8 Å². The topological polar surface area (TPSA) is 48.1 Å². The normalized spacial score (nSPS) is 29.0. The Morgan fingerprint density at radius 2 is 2.54 bits per heavy atom. The molecule has 1 aromatic heterocycles. The molecule has 13 heavy (non-hydrogen) atoms. The van der Waals surface area contributed by atoms with E-state index in [0.717, 1.165) is 19.4 Å². The van der Waals surface area contributed by atoms with E-state index >= 15 is 0 Å². The largest absolute Gasteiger partial charge is 0.383 e. The molecule has 2 N–H and O–H groups in total. The van der Waals surface area contributed by atoms with Crippen LogP contribution in [0.2, 0.25) is 0 Å². The van der Waals surface area contributed by atoms with Gasteiger partial charge in [0.05, 0.1) is 11.1 Å². The molecule has 72 valence electrons. The van der Waals surface area contributed by atoms with Crippen LogP contribution in [0.1, 0.15) is 30.7 Å². The van der Waals surface area contributed by atoms with Gasteiger partial charge in [-0.1, -0.05) is 0 Å². The van der Waals surface area contributed by atoms with Gasteiger partial charge in [0.25, 0.3) is 0 Å². The highest BCUT2D eigenvalue weighted by Crippen LogP contribution is 2.32. The first kappa shape index (κ1) is 8.97. The zero-order chi connectivity index (χ0) is 9.26. The third-order valence-electron chi connectivity index (χ3n) is 2.37. The molecular weight excluding hydrogens is 184 g/mol. The Morgan fingerprint density at radius 1 is 1.69 bits per heavy atom. The molecule has 2 heterocycles. The van der Waals surface area contributed by atoms with Crippen molar-refractivity contribution in [2.45, 2.75) is 31.8 Å². The van der Waals surface area contributed by atoms with Crippen molar-refractivity contribution < 1.29 is 4.74 Å². The molecule has 1 aromatic rings. The molecule has 0 radical (unpaired) electrons. The maximum Gasteiger partial charge on any atom is 0.134 e. The molecule has 3 nitrogen and oxygen atoms in total. The highest BCUT2D eigenvalue weighted by atomic mass is 32.1. The van der Waals surface area contributed by atoms with E-state index in [2.05, 4.69) is 11.9 Å². The quantitative estimate of drug-likeness (QED) is 0.751. The van der Waals surface area contributed by atoms with Crippen LogP contribution in [0.3, 0.4) is 0 Å². The molecule has 2 rings (SSSR count). The zero-order valence-corrected chi connectivity index (χ0v) is 8.51. The van der Waals surface area contributed by atoms with Gasteiger partial charge in [0.1, 0.15) is 5.82 Å². The Kier molecular flexibility index (Phi) is 2.51. The molecule has 1 aliphatic heterocycles. The van der Waals surface area contributed by atoms with E-state index in [9.17, 15) is 0 Å². The van der Waals surface area contributed by atoms with Gasteiger partial charge in [-0.2, -0.15) is 0 Å². The molecule has 0 bridgehead atoms. The van der Waals surface area contributed by atoms with Crippen LogP contribution in [-0.4, -0.2) is 17.7 Å². The van der Waals surface area contributed by atoms with E-state index in [1.807, 2.05) is 5.38 Å². The van der Waals surface area contributed by atoms with Gasteiger partial charge in [0.15, 0.2) is 0 Å². The maximum absolute atomic E-state index is 5.59. The molecule has 0 saturated carbocycles. The fraction of sp³-hybridized carbons (Fsp3) is 0.667. The van der Waals surface area contributed by atoms with Crippen LogP contribution >= 0.6 is 11.3 Å². The monoisotopic (exact) mass is 198 g/mol. The van der Waals surface area contributed by atoms with Gasteiger partial charge in [-0.3, -0.25) is 0 Å². The minimum atomic E-state index is 0.365. The number of anilines is 1. The Morgan fingerprint density at radius 3 is 3.15 bits per heavy atom. The highest BCUT2D eigenvalue weighted by molar-refractivity contribution is 7.10. The van der Waals surface area contributed by atoms with Crippen LogP contribution in [0.4, 0.5) is 5.82 Å². The van der Waals surface area contributed by atoms with Crippen LogP contribution in [-0.2, 0) is 4.74 Å². The van der Waals surface area contributed by atoms with Crippen molar-refractivity contribution in [3.63, 3.8) is 0 Å². The minimum absolute atomic E-state index is 0.365. The molecule has 4 heteroatoms. The molecule has 1 saturated heterocycles. The SMILES string of the molecule is C[C@@H]1C[C@H](c2nc(N)cs2)CCO1. The summed E-state index contributed by atoms with van der Waals surface area (Å²) in [5, 5.41) is 3.09. The van der Waals surface area contributed by atoms with Gasteiger partial charge in [0.2, 0.25) is 0 Å². The minimum Gasteiger partial charge on any atom is -0.383 e. The van der Waals surface area contributed by atoms with Crippen LogP contribution < -0.4 is 5.73 Å². The van der Waals surface area contributed by atoms with Crippen molar-refractivity contribution >= 4 is 17.2 Å². The predicted molar refractivity (Wildman–Crippen MR) is 53.9 cm³/mol. The second-order valence-electron chi connectivity index (χ2n) is 3.51. The van der Waals surface area contributed by atoms with Crippen molar-refractivity contribution in [1.29, 1.82) is 0 Å². The van der Waals surface area contributed by atoms with Crippen LogP contribution in [0.25, 0.3) is 0 Å². The summed E-state index contributed by atoms with van der Waals surface area (Å²) < 4.78 is 5.48. The standard InChI is InChI=1S/C9H14N2OS/c1-6-4-7(2-3-12-6)9-11-8(10)5-13-9/h5-7H,2-4,10H2,1H3/t6-,7-/m1/s1. The summed E-state index contributed by atoms with van der Waals surface area (Å²) in [7, 11) is 0. The molecule has 0 aromatic carbocycles. The van der Waals surface area contributed by atoms with Gasteiger partial charge in [0, 0.05) is 17.9 Å². The van der Waals surface area contributed by atoms with E-state index in [-0.39, 0.29) is 0 Å². The maximum atomic E-state index is 5.59. The van der Waals surface area contributed by atoms with Crippen molar-refractivity contribution in [2.75, 3.05) is 12.3 Å². The molecule has 1 aliphatic rings. The summed E-state index contributed by atoms with van der Waals surface area (Å²) in [5.74, 6) is 1.21. The smallest absolute Gasteiger partial charge is 0.134 e. The lowest BCUT2D eigenvalue weighted by atomic mass is 9.97. The molecule has 1 fully saturated rings. The van der Waals surface area contributed by atoms with Crippen molar-refractivity contribution in [3.8, 4) is 0 Å². The van der Waals surface area contributed by atoms with E-state index in [4.69, 9.17) is 10.5 Å². The number of rotatable bonds is 1. The number of nitrogens with two attached hydrogens (primary N) is 1. The lowest BCUT2D eigenvalue weighted by Crippen LogP contribution is -2.21. The first-order valence-corrected chi connectivity index (χ1v) is 5.46. The van der Waals surface area contributed by atoms with E-state index < -0.39 is 0 Å². The molecule has 0 aliphatic carbocycles. The second kappa shape index (κ2) is 3.64. The molecule has 2 atom stereocenters. The zero-order valence-electron chi connectivity index (χ0n) is 7.69. The summed E-state index contributed by atoms with van der Waals surface area (Å²) >= 11 is 1.67. The Hall–Kier alpha value is -0.610. The fourth-order valence-corrected chi connectivity index (χ4v) is 2.57. The third kappa shape index (κ3) is 2.00. The van der Waals surface area contributed by atoms with Gasteiger partial charge >= 0.3 is 0 Å². The Labute approximate surface area is 81.9 Å². The van der Waals surface area contributed by atoms with Crippen molar-refractivity contribution in [1.82, 2.24) is 4.98 Å². The molecule has 0 amide bonds. The van der Waals surface area contributed by atoms with Crippen molar-refractivity contribution in [3.05, 3.63) is 10.4 Å². The number of nitrogens with zero attached hydrogens (tertiary/aromatic N) is 1. The summed E-state index contributed by atoms with van der Waals surface area (Å²) in [6.45, 7) is 2.97. The van der Waals surface area contributed by atoms with Crippen LogP contribution in [0.15, 0.2) is 5.38 Å². The predicted octanol–water partition coefficient (Wildman–Crippen LogP) is 2.01. The summed E-state index contributed by atoms with van der Waals surface area (Å²) in [4.78, 5) is 4.31. The molecule has 0 unspecified atom stereocenters. The Bertz CT molecular complexity index is 287. The van der Waals surface area contributed by atoms with Crippen LogP contribution in [0, 0.1) is 0 Å². The number of hydrogen-bond acceptors (Lipinski definition) is 4. The summed E-state index contributed by atoms with van der Waals surface area (Å²) in [6, 6.07) is 0. The number of nitrogen functional groups attached to an aromatic ring is 1. The third-order valence-corrected chi connectivity index (χ3v) is 3.40. The summed E-state index contributed by atoms with van der Waals surface area (Å²) in [6.07, 6.45) is 2.52. The average Bonchev–Trinajstić information content (AvgIpc) is 2.52. The number of aromatic nitrogens is 1. The van der Waals surface area contributed by atoms with E-state index in [1.54, 1.807) is 11.3 Å². The number of ether oxygens (including phenoxy) is 1. The van der Waals surface area contributed by atoms with Crippen LogP contribution in [0.5, 0.6) is 0 Å². The first-order valence-electron chi connectivity index (χ1n) is 4.58. The first-order chi connectivity index (χ1) is 6.25. The summed E-state index contributed by atoms with van der Waals surface area (Å²) in [5.41, 5.74) is 5.59. The fourth-order valence-electron chi connectivity index (χ4n) is 1.71. The number of hydrogen-bond donors (Lipinski definition) is 1. The highest BCUT2D eigenvalue weighted by Gasteiger charge is 2.22. The average molecular weight is 198 g/mol. The van der Waals surface area contributed by atoms with Gasteiger partial charge in [-0.15, -0.1) is 11.3 Å². The van der Waals surface area contributed by atoms with Gasteiger partial charge in [-0.25, -0.2) is 4.98 Å². The second-order valence-corrected chi connectivity index (χ2v) is 4.40. The Balaban J connectivity index is 2.08. The van der Waals surface area contributed by atoms with Crippen molar-refractivity contribution in [2.24, 2.45) is 0 Å². The van der Waals surface area contributed by atoms with Gasteiger partial charge in [-0.05, 0) is 19.8 Å². The van der Waals surface area contributed by atoms with Gasteiger partial charge < -0.3 is 10.5 Å². The molecular formula is C9H14N2OS. The van der Waals surface area contributed by atoms with E-state index in [1.165, 1.54) is 5.01 Å². The molecule has 0 spiro atoms.